The van der Waals surface area contributed by atoms with Crippen molar-refractivity contribution < 1.29 is 9.47 Å². The topological polar surface area (TPSA) is 49.3 Å². The number of piperazine rings is 1. The van der Waals surface area contributed by atoms with Gasteiger partial charge in [0.2, 0.25) is 0 Å². The average molecular weight is 387 g/mol. The minimum Gasteiger partial charge on any atom is -0.495 e. The predicted molar refractivity (Wildman–Crippen MR) is 113 cm³/mol. The van der Waals surface area contributed by atoms with Gasteiger partial charge in [-0.2, -0.15) is 0 Å². The summed E-state index contributed by atoms with van der Waals surface area (Å²) in [5.41, 5.74) is 1.33. The van der Waals surface area contributed by atoms with Crippen LogP contribution in [0.2, 0.25) is 0 Å². The number of anilines is 1. The molecule has 1 aliphatic carbocycles. The summed E-state index contributed by atoms with van der Waals surface area (Å²) in [5, 5.41) is 3.79. The molecule has 2 saturated heterocycles. The van der Waals surface area contributed by atoms with E-state index in [2.05, 4.69) is 46.1 Å². The van der Waals surface area contributed by atoms with E-state index in [9.17, 15) is 0 Å². The second-order valence-corrected chi connectivity index (χ2v) is 8.73. The quantitative estimate of drug-likeness (QED) is 0.639. The molecule has 0 aromatic heterocycles. The van der Waals surface area contributed by atoms with E-state index >= 15 is 0 Å². The monoisotopic (exact) mass is 386 g/mol. The average Bonchev–Trinajstić information content (AvgIpc) is 2.74. The van der Waals surface area contributed by atoms with Gasteiger partial charge in [0.15, 0.2) is 5.96 Å². The predicted octanol–water partition coefficient (Wildman–Crippen LogP) is 2.60. The highest BCUT2D eigenvalue weighted by molar-refractivity contribution is 5.81. The zero-order chi connectivity index (χ0) is 19.7. The second-order valence-electron chi connectivity index (χ2n) is 8.73. The Morgan fingerprint density at radius 2 is 1.96 bits per heavy atom. The van der Waals surface area contributed by atoms with Gasteiger partial charge >= 0.3 is 0 Å². The lowest BCUT2D eigenvalue weighted by Gasteiger charge is -2.60. The van der Waals surface area contributed by atoms with E-state index in [1.54, 1.807) is 7.11 Å². The molecule has 3 atom stereocenters. The van der Waals surface area contributed by atoms with Gasteiger partial charge in [0.05, 0.1) is 18.9 Å². The Bertz CT molecular complexity index is 712. The first-order valence-corrected chi connectivity index (χ1v) is 10.5. The lowest BCUT2D eigenvalue weighted by molar-refractivity contribution is -0.188. The number of methoxy groups -OCH3 is 1. The number of nitrogens with zero attached hydrogens (tertiary/aromatic N) is 3. The van der Waals surface area contributed by atoms with E-state index in [0.29, 0.717) is 18.1 Å². The molecule has 2 aliphatic heterocycles. The van der Waals surface area contributed by atoms with E-state index < -0.39 is 0 Å². The van der Waals surface area contributed by atoms with Crippen molar-refractivity contribution in [2.45, 2.75) is 38.8 Å². The van der Waals surface area contributed by atoms with Crippen molar-refractivity contribution in [2.75, 3.05) is 51.8 Å². The van der Waals surface area contributed by atoms with Crippen molar-refractivity contribution in [3.05, 3.63) is 24.3 Å². The van der Waals surface area contributed by atoms with Gasteiger partial charge in [0, 0.05) is 57.2 Å². The van der Waals surface area contributed by atoms with Crippen LogP contribution in [0.3, 0.4) is 0 Å². The first kappa shape index (κ1) is 19.4. The van der Waals surface area contributed by atoms with Crippen LogP contribution in [0.4, 0.5) is 5.69 Å². The highest BCUT2D eigenvalue weighted by Gasteiger charge is 2.58. The SMILES string of the molecule is CN=C(NC1C2CCCOC2C1(C)C)N1CCN(c2ccccc2OC)CC1. The van der Waals surface area contributed by atoms with Gasteiger partial charge < -0.3 is 24.6 Å². The molecule has 3 fully saturated rings. The molecular weight excluding hydrogens is 352 g/mol. The van der Waals surface area contributed by atoms with Crippen molar-refractivity contribution in [1.82, 2.24) is 10.2 Å². The number of guanidine groups is 1. The summed E-state index contributed by atoms with van der Waals surface area (Å²) < 4.78 is 11.6. The van der Waals surface area contributed by atoms with Crippen LogP contribution in [-0.2, 0) is 4.74 Å². The Kier molecular flexibility index (Phi) is 5.41. The fourth-order valence-electron chi connectivity index (χ4n) is 5.30. The summed E-state index contributed by atoms with van der Waals surface area (Å²) in [6.45, 7) is 9.39. The number of fused-ring (bicyclic) bond motifs is 1. The summed E-state index contributed by atoms with van der Waals surface area (Å²) in [4.78, 5) is 9.41. The smallest absolute Gasteiger partial charge is 0.194 e. The molecule has 1 saturated carbocycles. The van der Waals surface area contributed by atoms with Crippen LogP contribution in [0.15, 0.2) is 29.3 Å². The van der Waals surface area contributed by atoms with Gasteiger partial charge in [-0.15, -0.1) is 0 Å². The molecule has 1 aromatic rings. The summed E-state index contributed by atoms with van der Waals surface area (Å²) in [7, 11) is 3.64. The fraction of sp³-hybridized carbons (Fsp3) is 0.682. The summed E-state index contributed by atoms with van der Waals surface area (Å²) in [6, 6.07) is 8.70. The summed E-state index contributed by atoms with van der Waals surface area (Å²) in [5.74, 6) is 2.58. The Morgan fingerprint density at radius 3 is 2.68 bits per heavy atom. The van der Waals surface area contributed by atoms with Crippen LogP contribution in [0.1, 0.15) is 26.7 Å². The molecule has 3 unspecified atom stereocenters. The molecule has 28 heavy (non-hydrogen) atoms. The number of rotatable bonds is 3. The molecule has 6 heteroatoms. The maximum atomic E-state index is 6.06. The van der Waals surface area contributed by atoms with E-state index in [1.807, 2.05) is 19.2 Å². The molecule has 6 nitrogen and oxygen atoms in total. The van der Waals surface area contributed by atoms with Crippen LogP contribution in [0, 0.1) is 11.3 Å². The van der Waals surface area contributed by atoms with Crippen LogP contribution >= 0.6 is 0 Å². The second kappa shape index (κ2) is 7.82. The Balaban J connectivity index is 1.38. The minimum absolute atomic E-state index is 0.153. The van der Waals surface area contributed by atoms with Gasteiger partial charge in [-0.05, 0) is 25.0 Å². The number of benzene rings is 1. The van der Waals surface area contributed by atoms with Crippen LogP contribution in [0.25, 0.3) is 0 Å². The minimum atomic E-state index is 0.153. The standard InChI is InChI=1S/C22H34N4O2/c1-22(2)19(16-8-7-15-28-20(16)22)24-21(23-3)26-13-11-25(12-14-26)17-9-5-6-10-18(17)27-4/h5-6,9-10,16,19-20H,7-8,11-15H2,1-4H3,(H,23,24). The third kappa shape index (κ3) is 3.32. The van der Waals surface area contributed by atoms with Crippen molar-refractivity contribution in [3.63, 3.8) is 0 Å². The van der Waals surface area contributed by atoms with Crippen molar-refractivity contribution in [1.29, 1.82) is 0 Å². The molecular formula is C22H34N4O2. The number of ether oxygens (including phenoxy) is 2. The van der Waals surface area contributed by atoms with Gasteiger partial charge in [-0.1, -0.05) is 26.0 Å². The largest absolute Gasteiger partial charge is 0.495 e. The van der Waals surface area contributed by atoms with Gasteiger partial charge in [0.1, 0.15) is 5.75 Å². The van der Waals surface area contributed by atoms with E-state index in [4.69, 9.17) is 9.47 Å². The fourth-order valence-corrected chi connectivity index (χ4v) is 5.30. The molecule has 4 rings (SSSR count). The number of nitrogens with one attached hydrogen (secondary N) is 1. The van der Waals surface area contributed by atoms with Gasteiger partial charge in [0.25, 0.3) is 0 Å². The van der Waals surface area contributed by atoms with E-state index in [-0.39, 0.29) is 5.41 Å². The van der Waals surface area contributed by atoms with Crippen molar-refractivity contribution in [2.24, 2.45) is 16.3 Å². The van der Waals surface area contributed by atoms with Crippen molar-refractivity contribution in [3.8, 4) is 5.75 Å². The molecule has 3 aliphatic rings. The summed E-state index contributed by atoms with van der Waals surface area (Å²) >= 11 is 0. The molecule has 2 heterocycles. The number of aliphatic imine (C=N–C) groups is 1. The normalized spacial score (nSPS) is 29.7. The maximum absolute atomic E-state index is 6.06. The molecule has 154 valence electrons. The summed E-state index contributed by atoms with van der Waals surface area (Å²) in [6.07, 6.45) is 2.81. The van der Waals surface area contributed by atoms with E-state index in [0.717, 1.165) is 44.5 Å². The molecule has 1 aromatic carbocycles. The zero-order valence-electron chi connectivity index (χ0n) is 17.6. The lowest BCUT2D eigenvalue weighted by Crippen LogP contribution is -2.71. The molecule has 0 spiro atoms. The molecule has 0 bridgehead atoms. The highest BCUT2D eigenvalue weighted by atomic mass is 16.5. The van der Waals surface area contributed by atoms with E-state index in [1.165, 1.54) is 18.5 Å². The molecule has 1 N–H and O–H groups in total. The first-order valence-electron chi connectivity index (χ1n) is 10.5. The number of para-hydroxylation sites is 2. The highest BCUT2D eigenvalue weighted by Crippen LogP contribution is 2.51. The van der Waals surface area contributed by atoms with Crippen molar-refractivity contribution >= 4 is 11.6 Å². The first-order chi connectivity index (χ1) is 13.6. The third-order valence-electron chi connectivity index (χ3n) is 6.83. The van der Waals surface area contributed by atoms with Gasteiger partial charge in [-0.25, -0.2) is 0 Å². The van der Waals surface area contributed by atoms with Crippen LogP contribution in [0.5, 0.6) is 5.75 Å². The van der Waals surface area contributed by atoms with Crippen LogP contribution < -0.4 is 15.0 Å². The zero-order valence-corrected chi connectivity index (χ0v) is 17.6. The van der Waals surface area contributed by atoms with Crippen LogP contribution in [-0.4, -0.2) is 69.9 Å². The molecule has 0 radical (unpaired) electrons. The Labute approximate surface area is 168 Å². The Hall–Kier alpha value is -1.95. The molecule has 0 amide bonds. The maximum Gasteiger partial charge on any atom is 0.194 e. The van der Waals surface area contributed by atoms with Gasteiger partial charge in [-0.3, -0.25) is 4.99 Å². The third-order valence-corrected chi connectivity index (χ3v) is 6.83. The number of hydrogen-bond donors (Lipinski definition) is 1. The Morgan fingerprint density at radius 1 is 1.21 bits per heavy atom. The number of hydrogen-bond acceptors (Lipinski definition) is 4. The lowest BCUT2D eigenvalue weighted by atomic mass is 9.55.